The monoisotopic (exact) mass is 312 g/mol. The summed E-state index contributed by atoms with van der Waals surface area (Å²) in [4.78, 5) is 0. The number of rotatable bonds is 1. The summed E-state index contributed by atoms with van der Waals surface area (Å²) in [6, 6.07) is 9.02. The summed E-state index contributed by atoms with van der Waals surface area (Å²) in [5.74, 6) is -0.591. The zero-order valence-electron chi connectivity index (χ0n) is 11.4. The summed E-state index contributed by atoms with van der Waals surface area (Å²) >= 11 is 0. The number of hydrogen-bond acceptors (Lipinski definition) is 1. The molecule has 0 atom stereocenters. The Morgan fingerprint density at radius 1 is 1.00 bits per heavy atom. The molecule has 6 heteroatoms. The molecule has 1 aliphatic rings. The molecule has 0 spiro atoms. The van der Waals surface area contributed by atoms with Crippen LogP contribution in [0, 0.1) is 5.82 Å². The van der Waals surface area contributed by atoms with Crippen molar-refractivity contribution in [1.82, 2.24) is 0 Å². The molecule has 0 fully saturated rings. The number of hydrogen-bond donors (Lipinski definition) is 0. The molecule has 1 nitrogen and oxygen atoms in total. The third-order valence-corrected chi connectivity index (χ3v) is 7.38. The van der Waals surface area contributed by atoms with Gasteiger partial charge in [-0.3, -0.25) is 0 Å². The Labute approximate surface area is 120 Å². The van der Waals surface area contributed by atoms with Crippen molar-refractivity contribution in [3.05, 3.63) is 42.2 Å². The zero-order chi connectivity index (χ0) is 15.4. The van der Waals surface area contributed by atoms with E-state index >= 15 is 0 Å². The second kappa shape index (κ2) is 4.33. The molecule has 0 unspecified atom stereocenters. The van der Waals surface area contributed by atoms with Crippen LogP contribution in [0.5, 0.6) is 5.75 Å². The number of alkyl halides is 3. The molecular weight excluding hydrogens is 300 g/mol. The van der Waals surface area contributed by atoms with Crippen LogP contribution in [0.3, 0.4) is 0 Å². The molecule has 0 radical (unpaired) electrons. The van der Waals surface area contributed by atoms with Crippen molar-refractivity contribution < 1.29 is 22.3 Å². The molecule has 110 valence electrons. The summed E-state index contributed by atoms with van der Waals surface area (Å²) in [5, 5.41) is 1.67. The summed E-state index contributed by atoms with van der Waals surface area (Å²) in [6.45, 7) is 3.99. The maximum atomic E-state index is 14.1. The van der Waals surface area contributed by atoms with Gasteiger partial charge in [-0.25, -0.2) is 4.39 Å². The molecule has 2 aromatic rings. The lowest BCUT2D eigenvalue weighted by atomic mass is 10.1. The van der Waals surface area contributed by atoms with Gasteiger partial charge in [-0.1, -0.05) is 31.3 Å². The Bertz CT molecular complexity index is 722. The summed E-state index contributed by atoms with van der Waals surface area (Å²) in [6.07, 6.45) is -4.73. The fourth-order valence-electron chi connectivity index (χ4n) is 2.92. The van der Waals surface area contributed by atoms with Crippen LogP contribution in [0.1, 0.15) is 0 Å². The van der Waals surface area contributed by atoms with Crippen molar-refractivity contribution >= 4 is 18.4 Å². The van der Waals surface area contributed by atoms with Crippen LogP contribution < -0.4 is 15.1 Å². The summed E-state index contributed by atoms with van der Waals surface area (Å²) < 4.78 is 55.1. The Balaban J connectivity index is 2.17. The van der Waals surface area contributed by atoms with Gasteiger partial charge in [-0.15, -0.1) is 13.2 Å². The van der Waals surface area contributed by atoms with Crippen LogP contribution >= 0.6 is 0 Å². The topological polar surface area (TPSA) is 9.23 Å². The van der Waals surface area contributed by atoms with Crippen LogP contribution in [0.25, 0.3) is 11.1 Å². The third-order valence-electron chi connectivity index (χ3n) is 3.85. The molecule has 0 amide bonds. The minimum Gasteiger partial charge on any atom is -0.406 e. The van der Waals surface area contributed by atoms with Gasteiger partial charge in [0.15, 0.2) is 0 Å². The minimum atomic E-state index is -4.73. The molecule has 21 heavy (non-hydrogen) atoms. The number of halogens is 4. The smallest absolute Gasteiger partial charge is 0.406 e. The van der Waals surface area contributed by atoms with Gasteiger partial charge < -0.3 is 4.74 Å². The summed E-state index contributed by atoms with van der Waals surface area (Å²) in [7, 11) is -2.21. The SMILES string of the molecule is C[Si]1(C)c2cc(OC(F)(F)F)ccc2-c2c(F)cccc21. The number of ether oxygens (including phenoxy) is 1. The van der Waals surface area contributed by atoms with Gasteiger partial charge >= 0.3 is 6.36 Å². The zero-order valence-corrected chi connectivity index (χ0v) is 12.4. The predicted octanol–water partition coefficient (Wildman–Crippen LogP) is 3.53. The van der Waals surface area contributed by atoms with E-state index in [0.29, 0.717) is 11.1 Å². The number of benzene rings is 2. The van der Waals surface area contributed by atoms with E-state index in [-0.39, 0.29) is 11.6 Å². The second-order valence-corrected chi connectivity index (χ2v) is 9.87. The minimum absolute atomic E-state index is 0.255. The van der Waals surface area contributed by atoms with Crippen molar-refractivity contribution in [3.8, 4) is 16.9 Å². The maximum absolute atomic E-state index is 14.1. The first-order valence-corrected chi connectivity index (χ1v) is 9.40. The van der Waals surface area contributed by atoms with E-state index in [1.807, 2.05) is 19.2 Å². The Morgan fingerprint density at radius 3 is 2.38 bits per heavy atom. The summed E-state index contributed by atoms with van der Waals surface area (Å²) in [5.41, 5.74) is 1.19. The van der Waals surface area contributed by atoms with Crippen LogP contribution in [0.2, 0.25) is 13.1 Å². The van der Waals surface area contributed by atoms with E-state index in [4.69, 9.17) is 0 Å². The Morgan fingerprint density at radius 2 is 1.71 bits per heavy atom. The fourth-order valence-corrected chi connectivity index (χ4v) is 5.99. The van der Waals surface area contributed by atoms with E-state index in [1.54, 1.807) is 6.07 Å². The molecule has 0 aliphatic carbocycles. The lowest BCUT2D eigenvalue weighted by Gasteiger charge is -2.19. The van der Waals surface area contributed by atoms with Crippen LogP contribution in [-0.4, -0.2) is 14.4 Å². The van der Waals surface area contributed by atoms with E-state index in [9.17, 15) is 17.6 Å². The van der Waals surface area contributed by atoms with E-state index in [1.165, 1.54) is 24.3 Å². The molecule has 3 rings (SSSR count). The van der Waals surface area contributed by atoms with Crippen molar-refractivity contribution in [2.45, 2.75) is 19.5 Å². The maximum Gasteiger partial charge on any atom is 0.573 e. The highest BCUT2D eigenvalue weighted by molar-refractivity contribution is 7.03. The van der Waals surface area contributed by atoms with Crippen LogP contribution in [-0.2, 0) is 0 Å². The first kappa shape index (κ1) is 14.1. The molecule has 0 aromatic heterocycles. The fraction of sp³-hybridized carbons (Fsp3) is 0.200. The predicted molar refractivity (Wildman–Crippen MR) is 75.3 cm³/mol. The van der Waals surface area contributed by atoms with Gasteiger partial charge in [-0.05, 0) is 34.1 Å². The van der Waals surface area contributed by atoms with Gasteiger partial charge in [0.2, 0.25) is 0 Å². The third kappa shape index (κ3) is 2.23. The normalized spacial score (nSPS) is 15.5. The van der Waals surface area contributed by atoms with Gasteiger partial charge in [0.1, 0.15) is 19.6 Å². The quantitative estimate of drug-likeness (QED) is 0.578. The second-order valence-electron chi connectivity index (χ2n) is 5.54. The highest BCUT2D eigenvalue weighted by Crippen LogP contribution is 2.33. The lowest BCUT2D eigenvalue weighted by Crippen LogP contribution is -2.49. The molecular formula is C15H12F4OSi. The van der Waals surface area contributed by atoms with Gasteiger partial charge in [-0.2, -0.15) is 0 Å². The van der Waals surface area contributed by atoms with Crippen molar-refractivity contribution in [2.24, 2.45) is 0 Å². The van der Waals surface area contributed by atoms with E-state index in [0.717, 1.165) is 10.4 Å². The molecule has 2 aromatic carbocycles. The highest BCUT2D eigenvalue weighted by atomic mass is 28.3. The molecule has 1 aliphatic heterocycles. The van der Waals surface area contributed by atoms with E-state index in [2.05, 4.69) is 4.74 Å². The van der Waals surface area contributed by atoms with Gasteiger partial charge in [0, 0.05) is 5.56 Å². The van der Waals surface area contributed by atoms with Crippen LogP contribution in [0.4, 0.5) is 17.6 Å². The van der Waals surface area contributed by atoms with Crippen molar-refractivity contribution in [3.63, 3.8) is 0 Å². The van der Waals surface area contributed by atoms with Crippen molar-refractivity contribution in [1.29, 1.82) is 0 Å². The average Bonchev–Trinajstić information content (AvgIpc) is 2.58. The Hall–Kier alpha value is -1.82. The Kier molecular flexibility index (Phi) is 2.92. The average molecular weight is 312 g/mol. The highest BCUT2D eigenvalue weighted by Gasteiger charge is 2.40. The van der Waals surface area contributed by atoms with Crippen LogP contribution in [0.15, 0.2) is 36.4 Å². The first-order chi connectivity index (χ1) is 9.70. The van der Waals surface area contributed by atoms with Crippen molar-refractivity contribution in [2.75, 3.05) is 0 Å². The first-order valence-electron chi connectivity index (χ1n) is 6.40. The largest absolute Gasteiger partial charge is 0.573 e. The molecule has 0 saturated heterocycles. The molecule has 0 saturated carbocycles. The standard InChI is InChI=1S/C15H12F4OSi/c1-21(2)12-5-3-4-11(16)14(12)10-7-6-9(8-13(10)21)20-15(17,18)19/h3-8H,1-2H3. The molecule has 1 heterocycles. The van der Waals surface area contributed by atoms with E-state index < -0.39 is 14.4 Å². The lowest BCUT2D eigenvalue weighted by molar-refractivity contribution is -0.274. The van der Waals surface area contributed by atoms with Gasteiger partial charge in [0.05, 0.1) is 0 Å². The number of fused-ring (bicyclic) bond motifs is 3. The van der Waals surface area contributed by atoms with Gasteiger partial charge in [0.25, 0.3) is 0 Å². The molecule has 0 N–H and O–H groups in total. The molecule has 0 bridgehead atoms.